The van der Waals surface area contributed by atoms with Crippen LogP contribution in [0.1, 0.15) is 6.92 Å². The van der Waals surface area contributed by atoms with E-state index in [9.17, 15) is 0 Å². The first kappa shape index (κ1) is 18.1. The van der Waals surface area contributed by atoms with Crippen molar-refractivity contribution in [2.75, 3.05) is 7.11 Å². The first-order valence-corrected chi connectivity index (χ1v) is 3.15. The van der Waals surface area contributed by atoms with Gasteiger partial charge < -0.3 is 28.6 Å². The number of ether oxygens (including phenoxy) is 1. The first-order chi connectivity index (χ1) is 4.93. The zero-order valence-electron chi connectivity index (χ0n) is 7.51. The second kappa shape index (κ2) is 13.8. The van der Waals surface area contributed by atoms with Crippen molar-refractivity contribution in [1.29, 1.82) is 0 Å². The molecule has 0 N–H and O–H groups in total. The smallest absolute Gasteiger partial charge is 1.00 e. The van der Waals surface area contributed by atoms with E-state index in [-0.39, 0.29) is 40.0 Å². The molecule has 12 heavy (non-hydrogen) atoms. The van der Waals surface area contributed by atoms with Gasteiger partial charge in [-0.3, -0.25) is 0 Å². The average molecular weight is 240 g/mol. The van der Waals surface area contributed by atoms with Gasteiger partial charge in [0.05, 0.1) is 7.11 Å². The Morgan fingerprint density at radius 1 is 1.33 bits per heavy atom. The summed E-state index contributed by atoms with van der Waals surface area (Å²) >= 11 is 0. The maximum Gasteiger partial charge on any atom is 2.00 e. The van der Waals surface area contributed by atoms with E-state index < -0.39 is 0 Å². The standard InChI is InChI=1S/C7H7O.C2H5.BrH.Mg/c1-8-7-5-3-2-4-6-7;1-2;;/h2-5H,1H3;1H2,2H3;1H;/q2*-1;;+2/p-1. The van der Waals surface area contributed by atoms with E-state index in [2.05, 4.69) is 13.0 Å². The average Bonchev–Trinajstić information content (AvgIpc) is 2.10. The number of hydrogen-bond acceptors (Lipinski definition) is 1. The molecule has 0 unspecified atom stereocenters. The van der Waals surface area contributed by atoms with Gasteiger partial charge in [0, 0.05) is 5.75 Å². The number of halogens is 1. The molecule has 3 heteroatoms. The Morgan fingerprint density at radius 2 is 1.92 bits per heavy atom. The van der Waals surface area contributed by atoms with Crippen molar-refractivity contribution in [3.63, 3.8) is 0 Å². The Balaban J connectivity index is -0.000000189. The van der Waals surface area contributed by atoms with Gasteiger partial charge in [0.2, 0.25) is 0 Å². The molecular formula is C9H12BrMgO-. The Kier molecular flexibility index (Phi) is 20.9. The summed E-state index contributed by atoms with van der Waals surface area (Å²) in [5, 5.41) is 0. The fraction of sp³-hybridized carbons (Fsp3) is 0.222. The van der Waals surface area contributed by atoms with Crippen molar-refractivity contribution in [3.8, 4) is 5.75 Å². The van der Waals surface area contributed by atoms with Gasteiger partial charge in [-0.15, -0.1) is 12.1 Å². The maximum atomic E-state index is 4.86. The summed E-state index contributed by atoms with van der Waals surface area (Å²) in [5.74, 6) is 0.785. The van der Waals surface area contributed by atoms with E-state index in [0.29, 0.717) is 0 Å². The van der Waals surface area contributed by atoms with Gasteiger partial charge in [0.25, 0.3) is 0 Å². The molecule has 1 nitrogen and oxygen atoms in total. The van der Waals surface area contributed by atoms with Gasteiger partial charge in [-0.1, -0.05) is 0 Å². The molecule has 0 aliphatic heterocycles. The summed E-state index contributed by atoms with van der Waals surface area (Å²) in [5.41, 5.74) is 0. The summed E-state index contributed by atoms with van der Waals surface area (Å²) in [6, 6.07) is 10.4. The van der Waals surface area contributed by atoms with Crippen molar-refractivity contribution in [2.45, 2.75) is 6.92 Å². The van der Waals surface area contributed by atoms with Crippen LogP contribution in [0, 0.1) is 13.0 Å². The molecule has 0 aliphatic rings. The molecule has 0 radical (unpaired) electrons. The zero-order valence-corrected chi connectivity index (χ0v) is 10.5. The minimum absolute atomic E-state index is 0. The minimum Gasteiger partial charge on any atom is -1.00 e. The topological polar surface area (TPSA) is 9.23 Å². The molecule has 0 fully saturated rings. The second-order valence-electron chi connectivity index (χ2n) is 1.43. The summed E-state index contributed by atoms with van der Waals surface area (Å²) in [4.78, 5) is 0. The fourth-order valence-electron chi connectivity index (χ4n) is 0.504. The quantitative estimate of drug-likeness (QED) is 0.450. The normalized spacial score (nSPS) is 6.25. The Labute approximate surface area is 101 Å². The van der Waals surface area contributed by atoms with Crippen LogP contribution in [0.2, 0.25) is 0 Å². The van der Waals surface area contributed by atoms with Crippen molar-refractivity contribution < 1.29 is 21.7 Å². The minimum atomic E-state index is 0. The van der Waals surface area contributed by atoms with Crippen LogP contribution >= 0.6 is 0 Å². The van der Waals surface area contributed by atoms with Crippen LogP contribution in [0.25, 0.3) is 0 Å². The van der Waals surface area contributed by atoms with Gasteiger partial charge in [0.15, 0.2) is 0 Å². The molecule has 1 aromatic rings. The molecule has 1 aromatic carbocycles. The maximum absolute atomic E-state index is 4.86. The van der Waals surface area contributed by atoms with Crippen LogP contribution in [0.5, 0.6) is 5.75 Å². The molecule has 0 amide bonds. The van der Waals surface area contributed by atoms with Crippen LogP contribution < -0.4 is 21.7 Å². The zero-order chi connectivity index (χ0) is 7.82. The Hall–Kier alpha value is 0.266. The number of hydrogen-bond donors (Lipinski definition) is 0. The van der Waals surface area contributed by atoms with E-state index in [1.54, 1.807) is 14.0 Å². The van der Waals surface area contributed by atoms with Gasteiger partial charge >= 0.3 is 23.1 Å². The van der Waals surface area contributed by atoms with E-state index in [4.69, 9.17) is 4.74 Å². The third kappa shape index (κ3) is 8.36. The van der Waals surface area contributed by atoms with Gasteiger partial charge in [-0.2, -0.15) is 25.1 Å². The molecule has 0 heterocycles. The molecule has 0 aliphatic carbocycles. The summed E-state index contributed by atoms with van der Waals surface area (Å²) in [6.07, 6.45) is 0. The van der Waals surface area contributed by atoms with Crippen molar-refractivity contribution in [3.05, 3.63) is 37.3 Å². The number of rotatable bonds is 1. The molecule has 0 spiro atoms. The predicted octanol–water partition coefficient (Wildman–Crippen LogP) is -1.04. The molecule has 0 saturated heterocycles. The van der Waals surface area contributed by atoms with Gasteiger partial charge in [-0.05, 0) is 0 Å². The van der Waals surface area contributed by atoms with Gasteiger partial charge in [-0.25, -0.2) is 0 Å². The number of para-hydroxylation sites is 1. The summed E-state index contributed by atoms with van der Waals surface area (Å²) in [7, 11) is 1.63. The van der Waals surface area contributed by atoms with Crippen LogP contribution in [0.4, 0.5) is 0 Å². The van der Waals surface area contributed by atoms with Crippen LogP contribution in [-0.2, 0) is 0 Å². The summed E-state index contributed by atoms with van der Waals surface area (Å²) < 4.78 is 4.86. The number of methoxy groups -OCH3 is 1. The molecule has 1 rings (SSSR count). The Bertz CT molecular complexity index is 156. The molecule has 0 bridgehead atoms. The SMILES string of the molecule is COc1[c-]cccc1.[Br-].[CH2-]C.[Mg+2]. The molecule has 0 atom stereocenters. The van der Waals surface area contributed by atoms with E-state index in [0.717, 1.165) is 5.75 Å². The summed E-state index contributed by atoms with van der Waals surface area (Å²) in [6.45, 7) is 5.00. The third-order valence-electron chi connectivity index (χ3n) is 0.900. The van der Waals surface area contributed by atoms with Crippen LogP contribution in [0.15, 0.2) is 24.3 Å². The molecule has 64 valence electrons. The molecule has 0 aromatic heterocycles. The second-order valence-corrected chi connectivity index (χ2v) is 1.43. The van der Waals surface area contributed by atoms with E-state index >= 15 is 0 Å². The first-order valence-electron chi connectivity index (χ1n) is 3.15. The largest absolute Gasteiger partial charge is 2.00 e. The molecular weight excluding hydrogens is 228 g/mol. The molecule has 0 saturated carbocycles. The van der Waals surface area contributed by atoms with Crippen molar-refractivity contribution in [1.82, 2.24) is 0 Å². The number of benzene rings is 1. The van der Waals surface area contributed by atoms with Crippen LogP contribution in [-0.4, -0.2) is 30.2 Å². The predicted molar refractivity (Wildman–Crippen MR) is 48.6 cm³/mol. The van der Waals surface area contributed by atoms with Crippen molar-refractivity contribution >= 4 is 23.1 Å². The fourth-order valence-corrected chi connectivity index (χ4v) is 0.504. The third-order valence-corrected chi connectivity index (χ3v) is 0.900. The van der Waals surface area contributed by atoms with Crippen LogP contribution in [0.3, 0.4) is 0 Å². The van der Waals surface area contributed by atoms with Crippen molar-refractivity contribution in [2.24, 2.45) is 0 Å². The monoisotopic (exact) mass is 239 g/mol. The van der Waals surface area contributed by atoms with E-state index in [1.165, 1.54) is 0 Å². The Morgan fingerprint density at radius 3 is 2.17 bits per heavy atom. The van der Waals surface area contributed by atoms with E-state index in [1.807, 2.05) is 24.3 Å². The van der Waals surface area contributed by atoms with Gasteiger partial charge in [0.1, 0.15) is 0 Å².